The molecule has 0 aliphatic heterocycles. The van der Waals surface area contributed by atoms with E-state index in [0.717, 1.165) is 29.2 Å². The number of carbonyl (C=O) groups is 1. The lowest BCUT2D eigenvalue weighted by molar-refractivity contribution is 0.0721. The first kappa shape index (κ1) is 18.6. The van der Waals surface area contributed by atoms with E-state index in [9.17, 15) is 9.18 Å². The van der Waals surface area contributed by atoms with Gasteiger partial charge < -0.3 is 9.47 Å². The number of fused-ring (bicyclic) bond motifs is 1. The van der Waals surface area contributed by atoms with Crippen LogP contribution in [0.4, 0.5) is 4.39 Å². The minimum atomic E-state index is -0.293. The Morgan fingerprint density at radius 3 is 2.81 bits per heavy atom. The van der Waals surface area contributed by atoms with E-state index in [0.29, 0.717) is 24.5 Å². The smallest absolute Gasteiger partial charge is 0.264 e. The fourth-order valence-electron chi connectivity index (χ4n) is 3.13. The zero-order valence-corrected chi connectivity index (χ0v) is 16.2. The molecule has 26 heavy (non-hydrogen) atoms. The van der Waals surface area contributed by atoms with Crippen LogP contribution in [0.1, 0.15) is 42.7 Å². The Bertz CT molecular complexity index is 886. The molecule has 2 heterocycles. The molecule has 138 valence electrons. The summed E-state index contributed by atoms with van der Waals surface area (Å²) in [6.07, 6.45) is 0.943. The van der Waals surface area contributed by atoms with Gasteiger partial charge in [0.2, 0.25) is 0 Å². The molecule has 0 atom stereocenters. The van der Waals surface area contributed by atoms with E-state index < -0.39 is 0 Å². The zero-order chi connectivity index (χ0) is 18.7. The number of rotatable bonds is 7. The highest BCUT2D eigenvalue weighted by Gasteiger charge is 2.21. The van der Waals surface area contributed by atoms with Crippen molar-refractivity contribution in [1.29, 1.82) is 0 Å². The van der Waals surface area contributed by atoms with Crippen molar-refractivity contribution in [3.05, 3.63) is 52.2 Å². The molecule has 0 aliphatic carbocycles. The van der Waals surface area contributed by atoms with E-state index >= 15 is 0 Å². The number of imidazole rings is 1. The molecule has 3 aromatic rings. The van der Waals surface area contributed by atoms with E-state index in [-0.39, 0.29) is 11.7 Å². The molecule has 0 fully saturated rings. The zero-order valence-electron chi connectivity index (χ0n) is 15.4. The first-order valence-electron chi connectivity index (χ1n) is 8.97. The van der Waals surface area contributed by atoms with Crippen molar-refractivity contribution in [3.63, 3.8) is 0 Å². The third-order valence-electron chi connectivity index (χ3n) is 4.17. The molecule has 0 radical (unpaired) electrons. The molecule has 0 spiro atoms. The second-order valence-electron chi connectivity index (χ2n) is 6.87. The predicted octanol–water partition coefficient (Wildman–Crippen LogP) is 4.95. The van der Waals surface area contributed by atoms with Crippen molar-refractivity contribution < 1.29 is 9.18 Å². The van der Waals surface area contributed by atoms with Crippen LogP contribution in [-0.2, 0) is 13.1 Å². The molecular formula is C20H24FN3OS. The number of nitrogens with zero attached hydrogens (tertiary/aromatic N) is 3. The van der Waals surface area contributed by atoms with Crippen LogP contribution in [0, 0.1) is 11.7 Å². The Labute approximate surface area is 157 Å². The van der Waals surface area contributed by atoms with Gasteiger partial charge in [-0.15, -0.1) is 11.3 Å². The van der Waals surface area contributed by atoms with E-state index in [1.54, 1.807) is 6.07 Å². The maximum atomic E-state index is 13.6. The number of benzene rings is 1. The number of aromatic nitrogens is 2. The number of thiophene rings is 1. The first-order chi connectivity index (χ1) is 12.5. The second-order valence-corrected chi connectivity index (χ2v) is 7.82. The average Bonchev–Trinajstić information content (AvgIpc) is 3.22. The van der Waals surface area contributed by atoms with Crippen LogP contribution >= 0.6 is 11.3 Å². The highest BCUT2D eigenvalue weighted by molar-refractivity contribution is 7.12. The van der Waals surface area contributed by atoms with Crippen LogP contribution in [-0.4, -0.2) is 26.9 Å². The maximum Gasteiger partial charge on any atom is 0.264 e. The number of aryl methyl sites for hydroxylation is 1. The van der Waals surface area contributed by atoms with E-state index in [1.807, 2.05) is 22.4 Å². The third kappa shape index (κ3) is 3.96. The van der Waals surface area contributed by atoms with Gasteiger partial charge in [0.15, 0.2) is 0 Å². The molecule has 6 heteroatoms. The average molecular weight is 373 g/mol. The van der Waals surface area contributed by atoms with Crippen LogP contribution in [0.2, 0.25) is 0 Å². The summed E-state index contributed by atoms with van der Waals surface area (Å²) in [7, 11) is 0. The summed E-state index contributed by atoms with van der Waals surface area (Å²) in [5.41, 5.74) is 1.55. The lowest BCUT2D eigenvalue weighted by Crippen LogP contribution is -2.34. The molecule has 1 aromatic carbocycles. The summed E-state index contributed by atoms with van der Waals surface area (Å²) in [6, 6.07) is 8.43. The SMILES string of the molecule is CCCn1c(CN(CC(C)C)C(=O)c2cccs2)nc2cc(F)ccc21. The third-order valence-corrected chi connectivity index (χ3v) is 5.03. The Kier molecular flexibility index (Phi) is 5.71. The van der Waals surface area contributed by atoms with Crippen LogP contribution in [0.15, 0.2) is 35.7 Å². The molecule has 3 rings (SSSR count). The van der Waals surface area contributed by atoms with Crippen molar-refractivity contribution >= 4 is 28.3 Å². The van der Waals surface area contributed by atoms with Gasteiger partial charge in [0.05, 0.1) is 22.5 Å². The number of halogens is 1. The van der Waals surface area contributed by atoms with Crippen LogP contribution in [0.5, 0.6) is 0 Å². The highest BCUT2D eigenvalue weighted by atomic mass is 32.1. The molecule has 0 N–H and O–H groups in total. The monoisotopic (exact) mass is 373 g/mol. The van der Waals surface area contributed by atoms with Gasteiger partial charge in [-0.2, -0.15) is 0 Å². The molecule has 0 aliphatic rings. The lowest BCUT2D eigenvalue weighted by Gasteiger charge is -2.24. The minimum absolute atomic E-state index is 0.0231. The standard InChI is InChI=1S/C20H24FN3OS/c1-4-9-24-17-8-7-15(21)11-16(17)22-19(24)13-23(12-14(2)3)20(25)18-6-5-10-26-18/h5-8,10-11,14H,4,9,12-13H2,1-3H3. The molecule has 2 aromatic heterocycles. The Balaban J connectivity index is 1.97. The van der Waals surface area contributed by atoms with Crippen molar-refractivity contribution in [1.82, 2.24) is 14.5 Å². The van der Waals surface area contributed by atoms with Gasteiger partial charge in [-0.05, 0) is 35.9 Å². The summed E-state index contributed by atoms with van der Waals surface area (Å²) in [5, 5.41) is 1.91. The molecule has 1 amide bonds. The van der Waals surface area contributed by atoms with E-state index in [4.69, 9.17) is 0 Å². The number of carbonyl (C=O) groups excluding carboxylic acids is 1. The summed E-state index contributed by atoms with van der Waals surface area (Å²) in [5.74, 6) is 0.882. The Morgan fingerprint density at radius 1 is 1.35 bits per heavy atom. The number of hydrogen-bond donors (Lipinski definition) is 0. The van der Waals surface area contributed by atoms with Gasteiger partial charge in [0.25, 0.3) is 5.91 Å². The Hall–Kier alpha value is -2.21. The fraction of sp³-hybridized carbons (Fsp3) is 0.400. The minimum Gasteiger partial charge on any atom is -0.330 e. The van der Waals surface area contributed by atoms with Crippen molar-refractivity contribution in [3.8, 4) is 0 Å². The van der Waals surface area contributed by atoms with E-state index in [1.165, 1.54) is 23.5 Å². The summed E-state index contributed by atoms with van der Waals surface area (Å²) in [4.78, 5) is 20.1. The van der Waals surface area contributed by atoms with E-state index in [2.05, 4.69) is 30.3 Å². The molecular weight excluding hydrogens is 349 g/mol. The second kappa shape index (κ2) is 7.99. The largest absolute Gasteiger partial charge is 0.330 e. The molecule has 0 saturated carbocycles. The van der Waals surface area contributed by atoms with Crippen molar-refractivity contribution in [2.75, 3.05) is 6.54 Å². The van der Waals surface area contributed by atoms with Gasteiger partial charge >= 0.3 is 0 Å². The van der Waals surface area contributed by atoms with Gasteiger partial charge in [-0.25, -0.2) is 9.37 Å². The maximum absolute atomic E-state index is 13.6. The van der Waals surface area contributed by atoms with Gasteiger partial charge in [-0.3, -0.25) is 4.79 Å². The van der Waals surface area contributed by atoms with Gasteiger partial charge in [0, 0.05) is 19.2 Å². The molecule has 0 bridgehead atoms. The topological polar surface area (TPSA) is 38.1 Å². The van der Waals surface area contributed by atoms with Crippen LogP contribution < -0.4 is 0 Å². The predicted molar refractivity (Wildman–Crippen MR) is 104 cm³/mol. The fourth-order valence-corrected chi connectivity index (χ4v) is 3.82. The lowest BCUT2D eigenvalue weighted by atomic mass is 10.2. The molecule has 4 nitrogen and oxygen atoms in total. The normalized spacial score (nSPS) is 11.4. The summed E-state index contributed by atoms with van der Waals surface area (Å²) < 4.78 is 15.7. The van der Waals surface area contributed by atoms with Crippen LogP contribution in [0.3, 0.4) is 0 Å². The molecule has 0 unspecified atom stereocenters. The van der Waals surface area contributed by atoms with Crippen molar-refractivity contribution in [2.24, 2.45) is 5.92 Å². The van der Waals surface area contributed by atoms with Gasteiger partial charge in [0.1, 0.15) is 11.6 Å². The van der Waals surface area contributed by atoms with Crippen molar-refractivity contribution in [2.45, 2.75) is 40.3 Å². The summed E-state index contributed by atoms with van der Waals surface area (Å²) >= 11 is 1.45. The molecule has 0 saturated heterocycles. The highest BCUT2D eigenvalue weighted by Crippen LogP contribution is 2.21. The number of hydrogen-bond acceptors (Lipinski definition) is 3. The van der Waals surface area contributed by atoms with Crippen LogP contribution in [0.25, 0.3) is 11.0 Å². The number of amides is 1. The van der Waals surface area contributed by atoms with Gasteiger partial charge in [-0.1, -0.05) is 26.8 Å². The first-order valence-corrected chi connectivity index (χ1v) is 9.85. The Morgan fingerprint density at radius 2 is 2.15 bits per heavy atom. The quantitative estimate of drug-likeness (QED) is 0.588. The summed E-state index contributed by atoms with van der Waals surface area (Å²) in [6.45, 7) is 8.16.